The molecular formula is C11H17NO2. The molecule has 1 fully saturated rings. The third kappa shape index (κ3) is 3.69. The second kappa shape index (κ2) is 3.91. The van der Waals surface area contributed by atoms with Crippen LogP contribution in [0.2, 0.25) is 0 Å². The van der Waals surface area contributed by atoms with Crippen LogP contribution in [0.5, 0.6) is 0 Å². The van der Waals surface area contributed by atoms with Crippen LogP contribution in [0.3, 0.4) is 0 Å². The minimum absolute atomic E-state index is 0.352. The van der Waals surface area contributed by atoms with Crippen molar-refractivity contribution in [2.75, 3.05) is 6.54 Å². The molecule has 0 bridgehead atoms. The van der Waals surface area contributed by atoms with E-state index in [4.69, 9.17) is 11.2 Å². The minimum Gasteiger partial charge on any atom is -0.444 e. The Morgan fingerprint density at radius 2 is 2.29 bits per heavy atom. The normalized spacial score (nSPS) is 25.0. The number of amides is 1. The number of carbonyl (C=O) groups excluding carboxylic acids is 1. The Hall–Kier alpha value is -1.17. The third-order valence-electron chi connectivity index (χ3n) is 2.04. The molecule has 0 heterocycles. The zero-order chi connectivity index (χ0) is 10.8. The van der Waals surface area contributed by atoms with Gasteiger partial charge in [-0.25, -0.2) is 4.79 Å². The van der Waals surface area contributed by atoms with Gasteiger partial charge >= 0.3 is 6.09 Å². The lowest BCUT2D eigenvalue weighted by atomic mass is 10.2. The topological polar surface area (TPSA) is 38.3 Å². The zero-order valence-corrected chi connectivity index (χ0v) is 8.96. The standard InChI is InChI=1S/C11H17NO2/c1-5-8-6-9(8)7-12-10(13)14-11(2,3)4/h1,8-9H,6-7H2,2-4H3,(H,12,13)/t8-,9+/m1/s1. The van der Waals surface area contributed by atoms with Crippen LogP contribution in [0, 0.1) is 24.2 Å². The first kappa shape index (κ1) is 10.9. The quantitative estimate of drug-likeness (QED) is 0.682. The van der Waals surface area contributed by atoms with E-state index in [-0.39, 0.29) is 6.09 Å². The molecule has 0 aromatic rings. The van der Waals surface area contributed by atoms with Gasteiger partial charge in [-0.3, -0.25) is 0 Å². The van der Waals surface area contributed by atoms with E-state index >= 15 is 0 Å². The molecule has 1 rings (SSSR count). The van der Waals surface area contributed by atoms with Crippen molar-refractivity contribution in [1.82, 2.24) is 5.32 Å². The average molecular weight is 195 g/mol. The molecule has 3 heteroatoms. The van der Waals surface area contributed by atoms with Gasteiger partial charge in [-0.2, -0.15) is 0 Å². The summed E-state index contributed by atoms with van der Waals surface area (Å²) in [4.78, 5) is 11.2. The van der Waals surface area contributed by atoms with Gasteiger partial charge in [0.15, 0.2) is 0 Å². The van der Waals surface area contributed by atoms with Gasteiger partial charge in [-0.05, 0) is 33.1 Å². The van der Waals surface area contributed by atoms with Crippen LogP contribution in [0.15, 0.2) is 0 Å². The third-order valence-corrected chi connectivity index (χ3v) is 2.04. The highest BCUT2D eigenvalue weighted by molar-refractivity contribution is 5.67. The number of alkyl carbamates (subject to hydrolysis) is 1. The summed E-state index contributed by atoms with van der Waals surface area (Å²) >= 11 is 0. The Kier molecular flexibility index (Phi) is 3.05. The van der Waals surface area contributed by atoms with Crippen molar-refractivity contribution in [3.63, 3.8) is 0 Å². The van der Waals surface area contributed by atoms with E-state index in [1.54, 1.807) is 0 Å². The first-order valence-corrected chi connectivity index (χ1v) is 4.85. The van der Waals surface area contributed by atoms with E-state index in [1.165, 1.54) is 0 Å². The fourth-order valence-electron chi connectivity index (χ4n) is 1.21. The van der Waals surface area contributed by atoms with E-state index in [0.717, 1.165) is 6.42 Å². The monoisotopic (exact) mass is 195 g/mol. The number of hydrogen-bond donors (Lipinski definition) is 1. The van der Waals surface area contributed by atoms with E-state index in [0.29, 0.717) is 18.4 Å². The number of nitrogens with one attached hydrogen (secondary N) is 1. The van der Waals surface area contributed by atoms with E-state index in [1.807, 2.05) is 20.8 Å². The van der Waals surface area contributed by atoms with Gasteiger partial charge in [0.05, 0.1) is 0 Å². The first-order valence-electron chi connectivity index (χ1n) is 4.85. The number of carbonyl (C=O) groups is 1. The summed E-state index contributed by atoms with van der Waals surface area (Å²) in [5, 5.41) is 2.71. The van der Waals surface area contributed by atoms with Gasteiger partial charge in [-0.1, -0.05) is 0 Å². The fourth-order valence-corrected chi connectivity index (χ4v) is 1.21. The van der Waals surface area contributed by atoms with Crippen molar-refractivity contribution in [3.8, 4) is 12.3 Å². The van der Waals surface area contributed by atoms with Crippen LogP contribution < -0.4 is 5.32 Å². The Balaban J connectivity index is 2.14. The largest absolute Gasteiger partial charge is 0.444 e. The van der Waals surface area contributed by atoms with Gasteiger partial charge in [0, 0.05) is 12.5 Å². The first-order chi connectivity index (χ1) is 6.42. The molecule has 3 nitrogen and oxygen atoms in total. The maximum atomic E-state index is 11.2. The predicted octanol–water partition coefficient (Wildman–Crippen LogP) is 1.78. The van der Waals surface area contributed by atoms with Crippen LogP contribution in [0.1, 0.15) is 27.2 Å². The Morgan fingerprint density at radius 1 is 1.64 bits per heavy atom. The van der Waals surface area contributed by atoms with Crippen LogP contribution in [-0.4, -0.2) is 18.2 Å². The summed E-state index contributed by atoms with van der Waals surface area (Å²) in [7, 11) is 0. The highest BCUT2D eigenvalue weighted by Gasteiger charge is 2.35. The lowest BCUT2D eigenvalue weighted by Crippen LogP contribution is -2.33. The van der Waals surface area contributed by atoms with Gasteiger partial charge in [0.2, 0.25) is 0 Å². The molecule has 1 saturated carbocycles. The lowest BCUT2D eigenvalue weighted by molar-refractivity contribution is 0.0525. The molecule has 78 valence electrons. The Labute approximate surface area is 85.2 Å². The molecule has 0 radical (unpaired) electrons. The van der Waals surface area contributed by atoms with Gasteiger partial charge < -0.3 is 10.1 Å². The summed E-state index contributed by atoms with van der Waals surface area (Å²) in [5.74, 6) is 3.47. The molecule has 0 unspecified atom stereocenters. The van der Waals surface area contributed by atoms with E-state index < -0.39 is 5.60 Å². The maximum Gasteiger partial charge on any atom is 0.407 e. The summed E-state index contributed by atoms with van der Waals surface area (Å²) in [6.07, 6.45) is 5.90. The summed E-state index contributed by atoms with van der Waals surface area (Å²) in [6, 6.07) is 0. The fraction of sp³-hybridized carbons (Fsp3) is 0.727. The van der Waals surface area contributed by atoms with Crippen molar-refractivity contribution < 1.29 is 9.53 Å². The SMILES string of the molecule is C#C[C@@H]1C[C@H]1CNC(=O)OC(C)(C)C. The molecule has 0 aromatic carbocycles. The van der Waals surface area contributed by atoms with Crippen molar-refractivity contribution in [3.05, 3.63) is 0 Å². The maximum absolute atomic E-state index is 11.2. The van der Waals surface area contributed by atoms with Gasteiger partial charge in [0.1, 0.15) is 5.60 Å². The summed E-state index contributed by atoms with van der Waals surface area (Å²) in [6.45, 7) is 6.15. The van der Waals surface area contributed by atoms with Crippen molar-refractivity contribution in [2.45, 2.75) is 32.8 Å². The highest BCUT2D eigenvalue weighted by atomic mass is 16.6. The average Bonchev–Trinajstić information content (AvgIpc) is 2.76. The molecule has 14 heavy (non-hydrogen) atoms. The molecule has 1 amide bonds. The predicted molar refractivity (Wildman–Crippen MR) is 54.7 cm³/mol. The number of rotatable bonds is 2. The van der Waals surface area contributed by atoms with E-state index in [2.05, 4.69) is 11.2 Å². The molecule has 0 spiro atoms. The van der Waals surface area contributed by atoms with Crippen molar-refractivity contribution >= 4 is 6.09 Å². The zero-order valence-electron chi connectivity index (χ0n) is 8.96. The Bertz CT molecular complexity index is 259. The van der Waals surface area contributed by atoms with Crippen LogP contribution >= 0.6 is 0 Å². The number of hydrogen-bond acceptors (Lipinski definition) is 2. The number of terminal acetylenes is 1. The smallest absolute Gasteiger partial charge is 0.407 e. The molecule has 2 atom stereocenters. The van der Waals surface area contributed by atoms with Gasteiger partial charge in [-0.15, -0.1) is 12.3 Å². The molecule has 0 aromatic heterocycles. The van der Waals surface area contributed by atoms with E-state index in [9.17, 15) is 4.79 Å². The molecule has 1 N–H and O–H groups in total. The van der Waals surface area contributed by atoms with Crippen molar-refractivity contribution in [2.24, 2.45) is 11.8 Å². The molecule has 1 aliphatic carbocycles. The molecule has 1 aliphatic rings. The molecular weight excluding hydrogens is 178 g/mol. The van der Waals surface area contributed by atoms with Crippen LogP contribution in [0.4, 0.5) is 4.79 Å². The number of ether oxygens (including phenoxy) is 1. The second-order valence-corrected chi connectivity index (χ2v) is 4.65. The van der Waals surface area contributed by atoms with Crippen LogP contribution in [-0.2, 0) is 4.74 Å². The summed E-state index contributed by atoms with van der Waals surface area (Å²) in [5.41, 5.74) is -0.431. The van der Waals surface area contributed by atoms with Crippen LogP contribution in [0.25, 0.3) is 0 Å². The summed E-state index contributed by atoms with van der Waals surface area (Å²) < 4.78 is 5.08. The van der Waals surface area contributed by atoms with Gasteiger partial charge in [0.25, 0.3) is 0 Å². The molecule has 0 aliphatic heterocycles. The van der Waals surface area contributed by atoms with Crippen molar-refractivity contribution in [1.29, 1.82) is 0 Å². The minimum atomic E-state index is -0.431. The second-order valence-electron chi connectivity index (χ2n) is 4.65. The lowest BCUT2D eigenvalue weighted by Gasteiger charge is -2.19. The Morgan fingerprint density at radius 3 is 2.71 bits per heavy atom. The highest BCUT2D eigenvalue weighted by Crippen LogP contribution is 2.36. The molecule has 0 saturated heterocycles.